The van der Waals surface area contributed by atoms with Gasteiger partial charge in [0.05, 0.1) is 12.3 Å². The van der Waals surface area contributed by atoms with Crippen LogP contribution in [0.5, 0.6) is 0 Å². The van der Waals surface area contributed by atoms with Crippen LogP contribution in [-0.4, -0.2) is 48.8 Å². The molecule has 0 amide bonds. The Morgan fingerprint density at radius 3 is 2.56 bits per heavy atom. The van der Waals surface area contributed by atoms with Gasteiger partial charge in [0, 0.05) is 51.3 Å². The molecule has 0 aliphatic heterocycles. The van der Waals surface area contributed by atoms with Gasteiger partial charge in [-0.25, -0.2) is 4.98 Å². The second-order valence-electron chi connectivity index (χ2n) is 6.25. The summed E-state index contributed by atoms with van der Waals surface area (Å²) in [5, 5.41) is 3.24. The van der Waals surface area contributed by atoms with E-state index in [1.54, 1.807) is 7.11 Å². The molecule has 6 nitrogen and oxygen atoms in total. The van der Waals surface area contributed by atoms with Crippen LogP contribution in [0.1, 0.15) is 5.56 Å². The molecule has 2 aromatic heterocycles. The Labute approximate surface area is 160 Å². The third-order valence-electron chi connectivity index (χ3n) is 4.25. The zero-order chi connectivity index (χ0) is 18.9. The number of benzene rings is 1. The molecule has 0 saturated heterocycles. The van der Waals surface area contributed by atoms with Crippen molar-refractivity contribution in [3.05, 3.63) is 66.5 Å². The van der Waals surface area contributed by atoms with Gasteiger partial charge in [-0.05, 0) is 24.1 Å². The molecule has 27 heavy (non-hydrogen) atoms. The van der Waals surface area contributed by atoms with Crippen molar-refractivity contribution in [2.75, 3.05) is 44.1 Å². The summed E-state index contributed by atoms with van der Waals surface area (Å²) in [6.45, 7) is 2.12. The average Bonchev–Trinajstić information content (AvgIpc) is 2.73. The van der Waals surface area contributed by atoms with Gasteiger partial charge in [0.15, 0.2) is 0 Å². The Kier molecular flexibility index (Phi) is 6.71. The van der Waals surface area contributed by atoms with Crippen molar-refractivity contribution in [2.24, 2.45) is 0 Å². The van der Waals surface area contributed by atoms with Crippen LogP contribution in [0.2, 0.25) is 0 Å². The van der Waals surface area contributed by atoms with E-state index in [2.05, 4.69) is 44.3 Å². The summed E-state index contributed by atoms with van der Waals surface area (Å²) in [6, 6.07) is 16.3. The van der Waals surface area contributed by atoms with E-state index < -0.39 is 0 Å². The van der Waals surface area contributed by atoms with Gasteiger partial charge in [-0.3, -0.25) is 4.98 Å². The summed E-state index contributed by atoms with van der Waals surface area (Å²) < 4.78 is 5.11. The minimum atomic E-state index is 0.603. The maximum Gasteiger partial charge on any atom is 0.225 e. The topological polar surface area (TPSA) is 63.2 Å². The lowest BCUT2D eigenvalue weighted by Crippen LogP contribution is -2.22. The predicted molar refractivity (Wildman–Crippen MR) is 109 cm³/mol. The van der Waals surface area contributed by atoms with Crippen LogP contribution in [0, 0.1) is 0 Å². The number of nitrogens with zero attached hydrogens (tertiary/aromatic N) is 4. The smallest absolute Gasteiger partial charge is 0.225 e. The van der Waals surface area contributed by atoms with Crippen LogP contribution in [0.15, 0.2) is 60.9 Å². The Hall–Kier alpha value is -2.99. The lowest BCUT2D eigenvalue weighted by Gasteiger charge is -2.20. The quantitative estimate of drug-likeness (QED) is 0.589. The molecule has 1 aromatic carbocycles. The summed E-state index contributed by atoms with van der Waals surface area (Å²) in [4.78, 5) is 15.6. The average molecular weight is 363 g/mol. The summed E-state index contributed by atoms with van der Waals surface area (Å²) in [5.74, 6) is 1.50. The highest BCUT2D eigenvalue weighted by Gasteiger charge is 2.10. The number of hydrogen-bond acceptors (Lipinski definition) is 6. The number of pyridine rings is 1. The van der Waals surface area contributed by atoms with E-state index in [0.29, 0.717) is 19.1 Å². The molecule has 0 unspecified atom stereocenters. The van der Waals surface area contributed by atoms with Crippen LogP contribution in [0.25, 0.3) is 11.3 Å². The van der Waals surface area contributed by atoms with E-state index in [4.69, 9.17) is 4.74 Å². The van der Waals surface area contributed by atoms with Crippen molar-refractivity contribution in [2.45, 2.75) is 6.42 Å². The van der Waals surface area contributed by atoms with Gasteiger partial charge >= 0.3 is 0 Å². The summed E-state index contributed by atoms with van der Waals surface area (Å²) in [7, 11) is 3.73. The largest absolute Gasteiger partial charge is 0.383 e. The third-order valence-corrected chi connectivity index (χ3v) is 4.25. The molecule has 0 saturated carbocycles. The van der Waals surface area contributed by atoms with Gasteiger partial charge < -0.3 is 15.0 Å². The Morgan fingerprint density at radius 1 is 1.04 bits per heavy atom. The minimum Gasteiger partial charge on any atom is -0.383 e. The van der Waals surface area contributed by atoms with Gasteiger partial charge in [-0.2, -0.15) is 4.98 Å². The van der Waals surface area contributed by atoms with Crippen LogP contribution in [0.4, 0.5) is 11.8 Å². The second-order valence-corrected chi connectivity index (χ2v) is 6.25. The molecule has 0 aliphatic rings. The summed E-state index contributed by atoms with van der Waals surface area (Å²) in [6.07, 6.45) is 4.58. The molecule has 0 aliphatic carbocycles. The van der Waals surface area contributed by atoms with Crippen molar-refractivity contribution >= 4 is 11.8 Å². The van der Waals surface area contributed by atoms with Crippen LogP contribution < -0.4 is 10.2 Å². The van der Waals surface area contributed by atoms with Crippen molar-refractivity contribution in [3.8, 4) is 11.3 Å². The fraction of sp³-hybridized carbons (Fsp3) is 0.286. The van der Waals surface area contributed by atoms with Gasteiger partial charge in [0.2, 0.25) is 5.95 Å². The van der Waals surface area contributed by atoms with Crippen LogP contribution in [-0.2, 0) is 11.2 Å². The van der Waals surface area contributed by atoms with Gasteiger partial charge in [0.25, 0.3) is 0 Å². The molecule has 3 aromatic rings. The number of rotatable bonds is 9. The zero-order valence-electron chi connectivity index (χ0n) is 15.8. The molecule has 0 radical (unpaired) electrons. The highest BCUT2D eigenvalue weighted by atomic mass is 16.5. The zero-order valence-corrected chi connectivity index (χ0v) is 15.8. The number of nitrogens with one attached hydrogen (secondary N) is 1. The Morgan fingerprint density at radius 2 is 1.81 bits per heavy atom. The van der Waals surface area contributed by atoms with Gasteiger partial charge in [-0.15, -0.1) is 0 Å². The minimum absolute atomic E-state index is 0.603. The van der Waals surface area contributed by atoms with E-state index in [1.807, 2.05) is 48.8 Å². The van der Waals surface area contributed by atoms with E-state index in [0.717, 1.165) is 30.0 Å². The van der Waals surface area contributed by atoms with Gasteiger partial charge in [0.1, 0.15) is 5.82 Å². The molecule has 6 heteroatoms. The van der Waals surface area contributed by atoms with Crippen LogP contribution >= 0.6 is 0 Å². The molecule has 0 atom stereocenters. The van der Waals surface area contributed by atoms with Crippen molar-refractivity contribution in [3.63, 3.8) is 0 Å². The molecule has 3 rings (SSSR count). The lowest BCUT2D eigenvalue weighted by atomic mass is 10.1. The van der Waals surface area contributed by atoms with Crippen molar-refractivity contribution in [1.29, 1.82) is 0 Å². The van der Waals surface area contributed by atoms with Crippen molar-refractivity contribution in [1.82, 2.24) is 15.0 Å². The number of anilines is 2. The number of ether oxygens (including phenoxy) is 1. The van der Waals surface area contributed by atoms with Gasteiger partial charge in [-0.1, -0.05) is 30.3 Å². The summed E-state index contributed by atoms with van der Waals surface area (Å²) in [5.41, 5.74) is 3.22. The van der Waals surface area contributed by atoms with Crippen molar-refractivity contribution < 1.29 is 4.74 Å². The predicted octanol–water partition coefficient (Wildman–Crippen LogP) is 3.28. The Bertz CT molecular complexity index is 826. The lowest BCUT2D eigenvalue weighted by molar-refractivity contribution is 0.210. The first-order chi connectivity index (χ1) is 13.3. The van der Waals surface area contributed by atoms with Crippen LogP contribution in [0.3, 0.4) is 0 Å². The first-order valence-electron chi connectivity index (χ1n) is 9.03. The maximum atomic E-state index is 5.11. The third kappa shape index (κ3) is 5.49. The van der Waals surface area contributed by atoms with E-state index >= 15 is 0 Å². The first kappa shape index (κ1) is 18.8. The molecule has 1 N–H and O–H groups in total. The fourth-order valence-corrected chi connectivity index (χ4v) is 2.69. The monoisotopic (exact) mass is 363 g/mol. The fourth-order valence-electron chi connectivity index (χ4n) is 2.69. The normalized spacial score (nSPS) is 10.6. The standard InChI is InChI=1S/C21H25N5O/c1-26(14-10-17-8-11-22-12-9-17)20-16-19(18-6-4-3-5-7-18)24-21(25-20)23-13-15-27-2/h3-9,11-12,16H,10,13-15H2,1-2H3,(H,23,24,25). The van der Waals surface area contributed by atoms with E-state index in [1.165, 1.54) is 5.56 Å². The number of hydrogen-bond donors (Lipinski definition) is 1. The molecule has 0 fully saturated rings. The first-order valence-corrected chi connectivity index (χ1v) is 9.03. The molecule has 0 bridgehead atoms. The van der Waals surface area contributed by atoms with E-state index in [9.17, 15) is 0 Å². The second kappa shape index (κ2) is 9.64. The Balaban J connectivity index is 1.80. The maximum absolute atomic E-state index is 5.11. The number of likely N-dealkylation sites (N-methyl/N-ethyl adjacent to an activating group) is 1. The molecule has 0 spiro atoms. The number of aromatic nitrogens is 3. The molecular formula is C21H25N5O. The molecule has 140 valence electrons. The molecule has 2 heterocycles. The molecular weight excluding hydrogens is 338 g/mol. The SMILES string of the molecule is COCCNc1nc(-c2ccccc2)cc(N(C)CCc2ccncc2)n1. The number of methoxy groups -OCH3 is 1. The summed E-state index contributed by atoms with van der Waals surface area (Å²) >= 11 is 0. The highest BCUT2D eigenvalue weighted by Crippen LogP contribution is 2.23. The van der Waals surface area contributed by atoms with E-state index in [-0.39, 0.29) is 0 Å². The highest BCUT2D eigenvalue weighted by molar-refractivity contribution is 5.64.